The second-order valence-electron chi connectivity index (χ2n) is 8.35. The van der Waals surface area contributed by atoms with Crippen LogP contribution in [-0.4, -0.2) is 52.0 Å². The number of carbonyl (C=O) groups excluding carboxylic acids is 3. The summed E-state index contributed by atoms with van der Waals surface area (Å²) >= 11 is 6.16. The lowest BCUT2D eigenvalue weighted by molar-refractivity contribution is -0.133. The number of carbonyl (C=O) groups is 3. The van der Waals surface area contributed by atoms with Gasteiger partial charge in [0.1, 0.15) is 17.0 Å². The van der Waals surface area contributed by atoms with Gasteiger partial charge in [0, 0.05) is 23.7 Å². The van der Waals surface area contributed by atoms with E-state index in [2.05, 4.69) is 10.3 Å². The summed E-state index contributed by atoms with van der Waals surface area (Å²) in [6, 6.07) is 14.4. The summed E-state index contributed by atoms with van der Waals surface area (Å²) < 4.78 is 11.7. The Labute approximate surface area is 207 Å². The number of methoxy groups -OCH3 is 2. The molecule has 0 fully saturated rings. The van der Waals surface area contributed by atoms with Crippen molar-refractivity contribution in [3.8, 4) is 5.75 Å². The normalized spacial score (nSPS) is 17.0. The van der Waals surface area contributed by atoms with Gasteiger partial charge in [-0.1, -0.05) is 41.9 Å². The second-order valence-corrected chi connectivity index (χ2v) is 8.79. The van der Waals surface area contributed by atoms with E-state index in [-0.39, 0.29) is 36.9 Å². The van der Waals surface area contributed by atoms with Crippen LogP contribution < -0.4 is 10.1 Å². The molecule has 35 heavy (non-hydrogen) atoms. The molecule has 1 atom stereocenters. The van der Waals surface area contributed by atoms with Crippen molar-refractivity contribution < 1.29 is 23.9 Å². The molecule has 0 spiro atoms. The number of para-hydroxylation sites is 1. The van der Waals surface area contributed by atoms with Crippen molar-refractivity contribution in [1.29, 1.82) is 0 Å². The first-order valence-corrected chi connectivity index (χ1v) is 11.3. The lowest BCUT2D eigenvalue weighted by atomic mass is 9.93. The van der Waals surface area contributed by atoms with Gasteiger partial charge in [0.25, 0.3) is 5.91 Å². The fourth-order valence-electron chi connectivity index (χ4n) is 4.21. The molecule has 0 aliphatic carbocycles. The Balaban J connectivity index is 1.70. The van der Waals surface area contributed by atoms with E-state index in [1.54, 1.807) is 32.2 Å². The van der Waals surface area contributed by atoms with Crippen molar-refractivity contribution in [1.82, 2.24) is 19.8 Å². The minimum Gasteiger partial charge on any atom is -0.496 e. The van der Waals surface area contributed by atoms with Crippen LogP contribution in [0, 0.1) is 0 Å². The third-order valence-electron chi connectivity index (χ3n) is 6.09. The number of amides is 2. The molecule has 10 heteroatoms. The maximum absolute atomic E-state index is 13.7. The van der Waals surface area contributed by atoms with E-state index in [0.29, 0.717) is 10.8 Å². The van der Waals surface area contributed by atoms with E-state index in [1.165, 1.54) is 22.9 Å². The van der Waals surface area contributed by atoms with Gasteiger partial charge in [-0.15, -0.1) is 0 Å². The molecule has 3 aromatic rings. The Bertz CT molecular complexity index is 1290. The predicted octanol–water partition coefficient (Wildman–Crippen LogP) is 3.06. The van der Waals surface area contributed by atoms with Crippen LogP contribution in [-0.2, 0) is 29.2 Å². The second kappa shape index (κ2) is 9.79. The quantitative estimate of drug-likeness (QED) is 0.504. The highest BCUT2D eigenvalue weighted by Crippen LogP contribution is 2.31. The van der Waals surface area contributed by atoms with Crippen LogP contribution in [0.4, 0.5) is 0 Å². The minimum absolute atomic E-state index is 0.0777. The van der Waals surface area contributed by atoms with Gasteiger partial charge in [0.15, 0.2) is 5.69 Å². The summed E-state index contributed by atoms with van der Waals surface area (Å²) in [5.41, 5.74) is 0.232. The Morgan fingerprint density at radius 3 is 2.66 bits per heavy atom. The number of imidazole rings is 1. The molecule has 0 bridgehead atoms. The predicted molar refractivity (Wildman–Crippen MR) is 128 cm³/mol. The zero-order chi connectivity index (χ0) is 25.2. The molecule has 0 radical (unpaired) electrons. The average molecular weight is 497 g/mol. The summed E-state index contributed by atoms with van der Waals surface area (Å²) in [4.78, 5) is 45.1. The average Bonchev–Trinajstić information content (AvgIpc) is 3.28. The number of nitrogens with one attached hydrogen (secondary N) is 1. The number of hydrogen-bond donors (Lipinski definition) is 1. The van der Waals surface area contributed by atoms with Gasteiger partial charge in [0.05, 0.1) is 27.1 Å². The number of halogens is 1. The molecule has 1 aliphatic rings. The summed E-state index contributed by atoms with van der Waals surface area (Å²) in [5.74, 6) is -0.950. The summed E-state index contributed by atoms with van der Waals surface area (Å²) in [6.07, 6.45) is 1.38. The minimum atomic E-state index is -1.29. The highest BCUT2D eigenvalue weighted by Gasteiger charge is 2.49. The van der Waals surface area contributed by atoms with Crippen molar-refractivity contribution in [2.75, 3.05) is 14.2 Å². The maximum Gasteiger partial charge on any atom is 0.359 e. The van der Waals surface area contributed by atoms with Gasteiger partial charge >= 0.3 is 5.97 Å². The Morgan fingerprint density at radius 2 is 1.94 bits per heavy atom. The first-order chi connectivity index (χ1) is 16.8. The van der Waals surface area contributed by atoms with E-state index in [1.807, 2.05) is 30.3 Å². The van der Waals surface area contributed by atoms with Crippen molar-refractivity contribution >= 4 is 29.4 Å². The van der Waals surface area contributed by atoms with Gasteiger partial charge in [-0.25, -0.2) is 9.78 Å². The third-order valence-corrected chi connectivity index (χ3v) is 6.32. The van der Waals surface area contributed by atoms with Crippen LogP contribution in [0.15, 0.2) is 54.9 Å². The molecular formula is C25H25ClN4O5. The Morgan fingerprint density at radius 1 is 1.17 bits per heavy atom. The lowest BCUT2D eigenvalue weighted by Gasteiger charge is -2.43. The highest BCUT2D eigenvalue weighted by atomic mass is 35.5. The Hall–Kier alpha value is -3.85. The van der Waals surface area contributed by atoms with Gasteiger partial charge in [-0.2, -0.15) is 0 Å². The fourth-order valence-corrected chi connectivity index (χ4v) is 4.43. The van der Waals surface area contributed by atoms with Crippen molar-refractivity contribution in [2.24, 2.45) is 0 Å². The number of fused-ring (bicyclic) bond motifs is 1. The monoisotopic (exact) mass is 496 g/mol. The van der Waals surface area contributed by atoms with Gasteiger partial charge in [0.2, 0.25) is 5.91 Å². The number of benzene rings is 2. The molecule has 0 unspecified atom stereocenters. The number of ether oxygens (including phenoxy) is 2. The van der Waals surface area contributed by atoms with Crippen LogP contribution in [0.25, 0.3) is 0 Å². The molecular weight excluding hydrogens is 472 g/mol. The fraction of sp³-hybridized carbons (Fsp3) is 0.280. The number of hydrogen-bond acceptors (Lipinski definition) is 6. The van der Waals surface area contributed by atoms with Crippen LogP contribution in [0.5, 0.6) is 5.75 Å². The molecule has 4 rings (SSSR count). The van der Waals surface area contributed by atoms with E-state index in [9.17, 15) is 14.4 Å². The maximum atomic E-state index is 13.7. The van der Waals surface area contributed by atoms with Crippen LogP contribution in [0.2, 0.25) is 5.02 Å². The largest absolute Gasteiger partial charge is 0.496 e. The topological polar surface area (TPSA) is 103 Å². The smallest absolute Gasteiger partial charge is 0.359 e. The van der Waals surface area contributed by atoms with Crippen molar-refractivity contribution in [2.45, 2.75) is 32.1 Å². The standard InChI is InChI=1S/C25H25ClN4O5/c1-25(24(33)27-12-17-8-4-5-10-19(17)34-2)14-29-15-28-20(23(32)35-3)21(29)22(31)30(25)13-16-7-6-9-18(26)11-16/h4-11,15H,12-14H2,1-3H3,(H,27,33)/t25-/m1/s1. The highest BCUT2D eigenvalue weighted by molar-refractivity contribution is 6.30. The summed E-state index contributed by atoms with van der Waals surface area (Å²) in [6.45, 7) is 2.09. The summed E-state index contributed by atoms with van der Waals surface area (Å²) in [5, 5.41) is 3.45. The molecule has 0 saturated heterocycles. The number of rotatable bonds is 7. The lowest BCUT2D eigenvalue weighted by Crippen LogP contribution is -2.63. The van der Waals surface area contributed by atoms with E-state index in [4.69, 9.17) is 21.1 Å². The zero-order valence-electron chi connectivity index (χ0n) is 19.6. The first-order valence-electron chi connectivity index (χ1n) is 10.9. The summed E-state index contributed by atoms with van der Waals surface area (Å²) in [7, 11) is 2.79. The van der Waals surface area contributed by atoms with E-state index < -0.39 is 17.4 Å². The number of aromatic nitrogens is 2. The molecule has 1 aliphatic heterocycles. The molecule has 2 amide bonds. The first kappa shape index (κ1) is 24.3. The SMILES string of the molecule is COC(=O)c1ncn2c1C(=O)N(Cc1cccc(Cl)c1)[C@@](C)(C(=O)NCc1ccccc1OC)C2. The van der Waals surface area contributed by atoms with Gasteiger partial charge in [-0.3, -0.25) is 9.59 Å². The van der Waals surface area contributed by atoms with Crippen molar-refractivity contribution in [3.63, 3.8) is 0 Å². The van der Waals surface area contributed by atoms with E-state index >= 15 is 0 Å². The van der Waals surface area contributed by atoms with Crippen LogP contribution >= 0.6 is 11.6 Å². The molecule has 9 nitrogen and oxygen atoms in total. The molecule has 0 saturated carbocycles. The van der Waals surface area contributed by atoms with Gasteiger partial charge in [-0.05, 0) is 30.7 Å². The molecule has 182 valence electrons. The molecule has 2 heterocycles. The van der Waals surface area contributed by atoms with Gasteiger partial charge < -0.3 is 24.3 Å². The van der Waals surface area contributed by atoms with E-state index in [0.717, 1.165) is 11.1 Å². The number of nitrogens with zero attached hydrogens (tertiary/aromatic N) is 3. The zero-order valence-corrected chi connectivity index (χ0v) is 20.3. The Kier molecular flexibility index (Phi) is 6.79. The molecule has 1 N–H and O–H groups in total. The van der Waals surface area contributed by atoms with Crippen LogP contribution in [0.3, 0.4) is 0 Å². The van der Waals surface area contributed by atoms with Crippen LogP contribution in [0.1, 0.15) is 39.0 Å². The number of esters is 1. The molecule has 2 aromatic carbocycles. The third kappa shape index (κ3) is 4.59. The van der Waals surface area contributed by atoms with Crippen molar-refractivity contribution in [3.05, 3.63) is 82.4 Å². The molecule has 1 aromatic heterocycles.